The lowest BCUT2D eigenvalue weighted by Gasteiger charge is -2.09. The van der Waals surface area contributed by atoms with E-state index in [-0.39, 0.29) is 11.3 Å². The number of phenolic OH excluding ortho intramolecular Hbond substituents is 1. The van der Waals surface area contributed by atoms with Crippen molar-refractivity contribution in [1.29, 1.82) is 0 Å². The van der Waals surface area contributed by atoms with Crippen molar-refractivity contribution in [2.75, 3.05) is 11.9 Å². The van der Waals surface area contributed by atoms with Crippen molar-refractivity contribution in [1.82, 2.24) is 4.98 Å². The summed E-state index contributed by atoms with van der Waals surface area (Å²) >= 11 is 0. The Morgan fingerprint density at radius 3 is 2.55 bits per heavy atom. The topological polar surface area (TPSA) is 82.5 Å². The third-order valence-electron chi connectivity index (χ3n) is 2.91. The summed E-state index contributed by atoms with van der Waals surface area (Å²) in [5, 5.41) is 21.3. The molecule has 0 fully saturated rings. The molecule has 0 spiro atoms. The first-order valence-electron chi connectivity index (χ1n) is 6.29. The van der Waals surface area contributed by atoms with E-state index in [0.717, 1.165) is 17.7 Å². The van der Waals surface area contributed by atoms with Crippen LogP contribution in [0.25, 0.3) is 0 Å². The molecule has 0 amide bonds. The van der Waals surface area contributed by atoms with Crippen LogP contribution < -0.4 is 5.32 Å². The van der Waals surface area contributed by atoms with E-state index in [1.807, 2.05) is 19.1 Å². The lowest BCUT2D eigenvalue weighted by Crippen LogP contribution is -2.11. The van der Waals surface area contributed by atoms with E-state index in [2.05, 4.69) is 10.3 Å². The van der Waals surface area contributed by atoms with E-state index in [1.165, 1.54) is 0 Å². The highest BCUT2D eigenvalue weighted by molar-refractivity contribution is 5.93. The molecule has 1 aromatic heterocycles. The van der Waals surface area contributed by atoms with Crippen molar-refractivity contribution in [3.8, 4) is 5.75 Å². The van der Waals surface area contributed by atoms with Crippen LogP contribution in [0.4, 0.5) is 5.82 Å². The van der Waals surface area contributed by atoms with Crippen LogP contribution in [0.15, 0.2) is 36.4 Å². The molecule has 2 rings (SSSR count). The van der Waals surface area contributed by atoms with E-state index in [4.69, 9.17) is 5.11 Å². The number of rotatable bonds is 5. The normalized spacial score (nSPS) is 10.2. The number of carboxylic acids is 1. The SMILES string of the molecule is Cc1ccc(C(=O)O)c(NCCc2ccc(O)cc2)n1. The summed E-state index contributed by atoms with van der Waals surface area (Å²) in [5.41, 5.74) is 1.99. The number of pyridine rings is 1. The Labute approximate surface area is 116 Å². The molecule has 2 aromatic rings. The van der Waals surface area contributed by atoms with Gasteiger partial charge in [0.25, 0.3) is 0 Å². The maximum Gasteiger partial charge on any atom is 0.339 e. The fourth-order valence-corrected chi connectivity index (χ4v) is 1.85. The molecule has 0 aliphatic heterocycles. The minimum absolute atomic E-state index is 0.168. The van der Waals surface area contributed by atoms with Gasteiger partial charge in [0, 0.05) is 12.2 Å². The molecule has 0 bridgehead atoms. The van der Waals surface area contributed by atoms with Gasteiger partial charge < -0.3 is 15.5 Å². The van der Waals surface area contributed by atoms with Crippen LogP contribution in [-0.2, 0) is 6.42 Å². The molecule has 5 heteroatoms. The second-order valence-corrected chi connectivity index (χ2v) is 4.50. The van der Waals surface area contributed by atoms with Gasteiger partial charge in [0.2, 0.25) is 0 Å². The van der Waals surface area contributed by atoms with Crippen LogP contribution in [0.3, 0.4) is 0 Å². The molecule has 0 aliphatic rings. The molecule has 5 nitrogen and oxygen atoms in total. The number of aromatic carboxylic acids is 1. The van der Waals surface area contributed by atoms with Gasteiger partial charge in [0.1, 0.15) is 17.1 Å². The predicted octanol–water partition coefficient (Wildman–Crippen LogP) is 2.45. The summed E-state index contributed by atoms with van der Waals surface area (Å²) in [7, 11) is 0. The number of aromatic hydroxyl groups is 1. The number of hydrogen-bond acceptors (Lipinski definition) is 4. The van der Waals surface area contributed by atoms with Gasteiger partial charge in [-0.15, -0.1) is 0 Å². The van der Waals surface area contributed by atoms with Crippen LogP contribution in [0, 0.1) is 6.92 Å². The van der Waals surface area contributed by atoms with Crippen LogP contribution in [0.5, 0.6) is 5.75 Å². The summed E-state index contributed by atoms with van der Waals surface area (Å²) in [6.07, 6.45) is 0.717. The predicted molar refractivity (Wildman–Crippen MR) is 76.2 cm³/mol. The van der Waals surface area contributed by atoms with Crippen molar-refractivity contribution in [3.05, 3.63) is 53.2 Å². The highest BCUT2D eigenvalue weighted by Crippen LogP contribution is 2.14. The van der Waals surface area contributed by atoms with Crippen molar-refractivity contribution >= 4 is 11.8 Å². The number of nitrogens with zero attached hydrogens (tertiary/aromatic N) is 1. The Balaban J connectivity index is 2.02. The van der Waals surface area contributed by atoms with Crippen molar-refractivity contribution in [2.24, 2.45) is 0 Å². The van der Waals surface area contributed by atoms with Gasteiger partial charge in [0.05, 0.1) is 0 Å². The standard InChI is InChI=1S/C15H16N2O3/c1-10-2-7-13(15(19)20)14(17-10)16-9-8-11-3-5-12(18)6-4-11/h2-7,18H,8-9H2,1H3,(H,16,17)(H,19,20). The van der Waals surface area contributed by atoms with Crippen LogP contribution in [0.1, 0.15) is 21.6 Å². The smallest absolute Gasteiger partial charge is 0.339 e. The summed E-state index contributed by atoms with van der Waals surface area (Å²) in [6, 6.07) is 10.1. The van der Waals surface area contributed by atoms with Crippen LogP contribution in [-0.4, -0.2) is 27.7 Å². The lowest BCUT2D eigenvalue weighted by atomic mass is 10.1. The van der Waals surface area contributed by atoms with E-state index >= 15 is 0 Å². The zero-order valence-electron chi connectivity index (χ0n) is 11.1. The van der Waals surface area contributed by atoms with E-state index in [9.17, 15) is 9.90 Å². The molecule has 20 heavy (non-hydrogen) atoms. The third-order valence-corrected chi connectivity index (χ3v) is 2.91. The first kappa shape index (κ1) is 13.9. The minimum atomic E-state index is -0.996. The number of benzene rings is 1. The zero-order chi connectivity index (χ0) is 14.5. The average molecular weight is 272 g/mol. The van der Waals surface area contributed by atoms with Crippen LogP contribution >= 0.6 is 0 Å². The van der Waals surface area contributed by atoms with Crippen molar-refractivity contribution in [2.45, 2.75) is 13.3 Å². The third kappa shape index (κ3) is 3.47. The number of aryl methyl sites for hydroxylation is 1. The number of anilines is 1. The van der Waals surface area contributed by atoms with E-state index in [0.29, 0.717) is 12.4 Å². The molecular formula is C15H16N2O3. The average Bonchev–Trinajstić information content (AvgIpc) is 2.41. The second-order valence-electron chi connectivity index (χ2n) is 4.50. The molecule has 3 N–H and O–H groups in total. The molecule has 0 saturated heterocycles. The van der Waals surface area contributed by atoms with E-state index in [1.54, 1.807) is 24.3 Å². The molecule has 0 aliphatic carbocycles. The Morgan fingerprint density at radius 1 is 1.20 bits per heavy atom. The molecule has 0 saturated carbocycles. The van der Waals surface area contributed by atoms with Gasteiger partial charge in [0.15, 0.2) is 0 Å². The Hall–Kier alpha value is -2.56. The monoisotopic (exact) mass is 272 g/mol. The zero-order valence-corrected chi connectivity index (χ0v) is 11.1. The maximum absolute atomic E-state index is 11.1. The maximum atomic E-state index is 11.1. The number of hydrogen-bond donors (Lipinski definition) is 3. The Morgan fingerprint density at radius 2 is 1.90 bits per heavy atom. The molecule has 0 radical (unpaired) electrons. The van der Waals surface area contributed by atoms with Crippen molar-refractivity contribution < 1.29 is 15.0 Å². The summed E-state index contributed by atoms with van der Waals surface area (Å²) in [6.45, 7) is 2.39. The number of carbonyl (C=O) groups is 1. The van der Waals surface area contributed by atoms with E-state index < -0.39 is 5.97 Å². The number of nitrogens with one attached hydrogen (secondary N) is 1. The summed E-state index contributed by atoms with van der Waals surface area (Å²) in [5.74, 6) is -0.379. The minimum Gasteiger partial charge on any atom is -0.508 e. The highest BCUT2D eigenvalue weighted by atomic mass is 16.4. The van der Waals surface area contributed by atoms with Gasteiger partial charge in [-0.1, -0.05) is 12.1 Å². The number of phenols is 1. The van der Waals surface area contributed by atoms with Gasteiger partial charge in [-0.2, -0.15) is 0 Å². The van der Waals surface area contributed by atoms with Gasteiger partial charge in [-0.05, 0) is 43.2 Å². The lowest BCUT2D eigenvalue weighted by molar-refractivity contribution is 0.0697. The largest absolute Gasteiger partial charge is 0.508 e. The molecule has 0 atom stereocenters. The summed E-state index contributed by atoms with van der Waals surface area (Å²) < 4.78 is 0. The van der Waals surface area contributed by atoms with Crippen molar-refractivity contribution in [3.63, 3.8) is 0 Å². The van der Waals surface area contributed by atoms with Gasteiger partial charge >= 0.3 is 5.97 Å². The molecule has 1 aromatic carbocycles. The Bertz CT molecular complexity index is 609. The quantitative estimate of drug-likeness (QED) is 0.778. The molecule has 1 heterocycles. The highest BCUT2D eigenvalue weighted by Gasteiger charge is 2.10. The molecule has 0 unspecified atom stereocenters. The number of aromatic nitrogens is 1. The van der Waals surface area contributed by atoms with Crippen LogP contribution in [0.2, 0.25) is 0 Å². The summed E-state index contributed by atoms with van der Waals surface area (Å²) in [4.78, 5) is 15.3. The first-order valence-corrected chi connectivity index (χ1v) is 6.29. The van der Waals surface area contributed by atoms with Gasteiger partial charge in [-0.25, -0.2) is 9.78 Å². The molecule has 104 valence electrons. The molecular weight excluding hydrogens is 256 g/mol. The van der Waals surface area contributed by atoms with Gasteiger partial charge in [-0.3, -0.25) is 0 Å². The Kier molecular flexibility index (Phi) is 4.20. The fraction of sp³-hybridized carbons (Fsp3) is 0.200. The second kappa shape index (κ2) is 6.06. The number of carboxylic acid groups (broad SMARTS) is 1. The first-order chi connectivity index (χ1) is 9.56. The fourth-order valence-electron chi connectivity index (χ4n) is 1.85.